The van der Waals surface area contributed by atoms with Crippen molar-refractivity contribution in [3.8, 4) is 0 Å². The van der Waals surface area contributed by atoms with E-state index in [0.29, 0.717) is 32.2 Å². The van der Waals surface area contributed by atoms with E-state index in [4.69, 9.17) is 9.47 Å². The molecule has 1 aliphatic rings. The summed E-state index contributed by atoms with van der Waals surface area (Å²) in [5.74, 6) is -2.12. The highest BCUT2D eigenvalue weighted by molar-refractivity contribution is 5.76. The molecule has 1 atom stereocenters. The minimum absolute atomic E-state index is 0.162. The number of hydrogen-bond acceptors (Lipinski definition) is 4. The van der Waals surface area contributed by atoms with Gasteiger partial charge in [-0.15, -0.1) is 0 Å². The standard InChI is InChI=1S/C12H20F3NO3/c1-3-4-6-11(19-10(17)12(13,14)15)7-5-8-16(11)9-18-2/h3-9H2,1-2H3. The second kappa shape index (κ2) is 6.56. The molecule has 1 heterocycles. The molecule has 19 heavy (non-hydrogen) atoms. The van der Waals surface area contributed by atoms with Gasteiger partial charge in [-0.2, -0.15) is 13.2 Å². The first kappa shape index (κ1) is 16.2. The van der Waals surface area contributed by atoms with Gasteiger partial charge < -0.3 is 9.47 Å². The molecule has 0 saturated carbocycles. The van der Waals surface area contributed by atoms with Crippen molar-refractivity contribution in [1.82, 2.24) is 4.90 Å². The fourth-order valence-electron chi connectivity index (χ4n) is 2.38. The van der Waals surface area contributed by atoms with Crippen LogP contribution in [0.25, 0.3) is 0 Å². The van der Waals surface area contributed by atoms with Crippen LogP contribution < -0.4 is 0 Å². The Balaban J connectivity index is 2.83. The Morgan fingerprint density at radius 2 is 2.11 bits per heavy atom. The zero-order valence-electron chi connectivity index (χ0n) is 11.3. The molecule has 7 heteroatoms. The molecule has 0 aromatic carbocycles. The summed E-state index contributed by atoms with van der Waals surface area (Å²) < 4.78 is 46.9. The third-order valence-electron chi connectivity index (χ3n) is 3.29. The Kier molecular flexibility index (Phi) is 5.61. The summed E-state index contributed by atoms with van der Waals surface area (Å²) in [6.07, 6.45) is -1.93. The van der Waals surface area contributed by atoms with Crippen LogP contribution in [0.1, 0.15) is 39.0 Å². The molecule has 1 rings (SSSR count). The highest BCUT2D eigenvalue weighted by atomic mass is 19.4. The third kappa shape index (κ3) is 4.07. The lowest BCUT2D eigenvalue weighted by Crippen LogP contribution is -2.50. The second-order valence-corrected chi connectivity index (χ2v) is 4.72. The van der Waals surface area contributed by atoms with Gasteiger partial charge in [-0.3, -0.25) is 0 Å². The van der Waals surface area contributed by atoms with Gasteiger partial charge in [0.05, 0.1) is 0 Å². The molecule has 0 radical (unpaired) electrons. The molecule has 112 valence electrons. The van der Waals surface area contributed by atoms with E-state index in [-0.39, 0.29) is 6.73 Å². The molecule has 1 aliphatic heterocycles. The lowest BCUT2D eigenvalue weighted by atomic mass is 10.0. The lowest BCUT2D eigenvalue weighted by molar-refractivity contribution is -0.233. The van der Waals surface area contributed by atoms with Gasteiger partial charge in [0.1, 0.15) is 6.73 Å². The number of ether oxygens (including phenoxy) is 2. The van der Waals surface area contributed by atoms with E-state index in [1.54, 1.807) is 4.90 Å². The predicted molar refractivity (Wildman–Crippen MR) is 62.2 cm³/mol. The maximum Gasteiger partial charge on any atom is 0.490 e. The van der Waals surface area contributed by atoms with Crippen LogP contribution in [0.5, 0.6) is 0 Å². The Hall–Kier alpha value is -0.820. The second-order valence-electron chi connectivity index (χ2n) is 4.72. The molecule has 0 aromatic heterocycles. The van der Waals surface area contributed by atoms with E-state index >= 15 is 0 Å². The molecule has 0 bridgehead atoms. The van der Waals surface area contributed by atoms with Crippen molar-refractivity contribution < 1.29 is 27.4 Å². The van der Waals surface area contributed by atoms with Gasteiger partial charge in [-0.1, -0.05) is 13.3 Å². The van der Waals surface area contributed by atoms with Crippen molar-refractivity contribution >= 4 is 5.97 Å². The number of methoxy groups -OCH3 is 1. The summed E-state index contributed by atoms with van der Waals surface area (Å²) in [5.41, 5.74) is -1.17. The summed E-state index contributed by atoms with van der Waals surface area (Å²) in [5, 5.41) is 0. The summed E-state index contributed by atoms with van der Waals surface area (Å²) >= 11 is 0. The van der Waals surface area contributed by atoms with Crippen LogP contribution >= 0.6 is 0 Å². The summed E-state index contributed by atoms with van der Waals surface area (Å²) in [4.78, 5) is 12.8. The van der Waals surface area contributed by atoms with E-state index in [9.17, 15) is 18.0 Å². The van der Waals surface area contributed by atoms with E-state index < -0.39 is 17.9 Å². The minimum atomic E-state index is -4.96. The summed E-state index contributed by atoms with van der Waals surface area (Å²) in [6, 6.07) is 0. The van der Waals surface area contributed by atoms with Gasteiger partial charge in [0.15, 0.2) is 5.72 Å². The number of carbonyl (C=O) groups is 1. The van der Waals surface area contributed by atoms with Gasteiger partial charge in [-0.25, -0.2) is 9.69 Å². The van der Waals surface area contributed by atoms with Gasteiger partial charge in [0, 0.05) is 26.5 Å². The SMILES string of the molecule is CCCCC1(OC(=O)C(F)(F)F)CCCN1COC. The normalized spacial score (nSPS) is 24.7. The summed E-state index contributed by atoms with van der Waals surface area (Å²) in [7, 11) is 1.47. The Morgan fingerprint density at radius 3 is 2.63 bits per heavy atom. The number of esters is 1. The maximum atomic E-state index is 12.4. The van der Waals surface area contributed by atoms with Crippen LogP contribution in [0.2, 0.25) is 0 Å². The zero-order chi connectivity index (χ0) is 14.5. The summed E-state index contributed by atoms with van der Waals surface area (Å²) in [6.45, 7) is 2.67. The predicted octanol–water partition coefficient (Wildman–Crippen LogP) is 2.68. The number of rotatable bonds is 6. The highest BCUT2D eigenvalue weighted by Gasteiger charge is 2.50. The van der Waals surface area contributed by atoms with Crippen molar-refractivity contribution in [2.75, 3.05) is 20.4 Å². The number of alkyl halides is 3. The van der Waals surface area contributed by atoms with E-state index in [1.165, 1.54) is 7.11 Å². The van der Waals surface area contributed by atoms with Gasteiger partial charge in [0.2, 0.25) is 0 Å². The smallest absolute Gasteiger partial charge is 0.437 e. The lowest BCUT2D eigenvalue weighted by Gasteiger charge is -2.37. The Labute approximate surface area is 110 Å². The van der Waals surface area contributed by atoms with Crippen LogP contribution in [0.4, 0.5) is 13.2 Å². The fourth-order valence-corrected chi connectivity index (χ4v) is 2.38. The average Bonchev–Trinajstić information content (AvgIpc) is 2.69. The van der Waals surface area contributed by atoms with Crippen LogP contribution in [-0.4, -0.2) is 43.2 Å². The van der Waals surface area contributed by atoms with E-state index in [0.717, 1.165) is 6.42 Å². The Morgan fingerprint density at radius 1 is 1.42 bits per heavy atom. The van der Waals surface area contributed by atoms with Crippen LogP contribution in [-0.2, 0) is 14.3 Å². The molecule has 0 amide bonds. The van der Waals surface area contributed by atoms with Crippen molar-refractivity contribution in [3.05, 3.63) is 0 Å². The van der Waals surface area contributed by atoms with Gasteiger partial charge in [0.25, 0.3) is 0 Å². The largest absolute Gasteiger partial charge is 0.490 e. The highest BCUT2D eigenvalue weighted by Crippen LogP contribution is 2.37. The van der Waals surface area contributed by atoms with Crippen LogP contribution in [0.15, 0.2) is 0 Å². The van der Waals surface area contributed by atoms with Crippen molar-refractivity contribution in [2.45, 2.75) is 50.9 Å². The quantitative estimate of drug-likeness (QED) is 0.703. The van der Waals surface area contributed by atoms with Crippen molar-refractivity contribution in [3.63, 3.8) is 0 Å². The number of hydrogen-bond donors (Lipinski definition) is 0. The minimum Gasteiger partial charge on any atom is -0.437 e. The van der Waals surface area contributed by atoms with Crippen molar-refractivity contribution in [1.29, 1.82) is 0 Å². The first-order valence-electron chi connectivity index (χ1n) is 6.40. The third-order valence-corrected chi connectivity index (χ3v) is 3.29. The molecule has 0 N–H and O–H groups in total. The van der Waals surface area contributed by atoms with Crippen LogP contribution in [0, 0.1) is 0 Å². The average molecular weight is 283 g/mol. The topological polar surface area (TPSA) is 38.8 Å². The molecule has 0 aromatic rings. The fraction of sp³-hybridized carbons (Fsp3) is 0.917. The molecule has 0 aliphatic carbocycles. The van der Waals surface area contributed by atoms with Crippen molar-refractivity contribution in [2.24, 2.45) is 0 Å². The molecule has 1 saturated heterocycles. The first-order valence-corrected chi connectivity index (χ1v) is 6.40. The first-order chi connectivity index (χ1) is 8.85. The molecular weight excluding hydrogens is 263 g/mol. The number of unbranched alkanes of at least 4 members (excludes halogenated alkanes) is 1. The number of carbonyl (C=O) groups excluding carboxylic acids is 1. The molecular formula is C12H20F3NO3. The van der Waals surface area contributed by atoms with Gasteiger partial charge >= 0.3 is 12.1 Å². The van der Waals surface area contributed by atoms with Crippen LogP contribution in [0.3, 0.4) is 0 Å². The number of nitrogens with zero attached hydrogens (tertiary/aromatic N) is 1. The van der Waals surface area contributed by atoms with E-state index in [2.05, 4.69) is 0 Å². The number of halogens is 3. The molecule has 0 spiro atoms. The van der Waals surface area contributed by atoms with E-state index in [1.807, 2.05) is 6.92 Å². The Bertz CT molecular complexity index is 309. The molecule has 1 fully saturated rings. The van der Waals surface area contributed by atoms with Gasteiger partial charge in [-0.05, 0) is 12.8 Å². The monoisotopic (exact) mass is 283 g/mol. The zero-order valence-corrected chi connectivity index (χ0v) is 11.3. The molecule has 1 unspecified atom stereocenters. The maximum absolute atomic E-state index is 12.4. The molecule has 4 nitrogen and oxygen atoms in total. The number of likely N-dealkylation sites (tertiary alicyclic amines) is 1.